The van der Waals surface area contributed by atoms with Crippen molar-refractivity contribution in [3.8, 4) is 0 Å². The molecule has 0 aromatic carbocycles. The molecule has 1 unspecified atom stereocenters. The van der Waals surface area contributed by atoms with Gasteiger partial charge in [-0.15, -0.1) is 0 Å². The van der Waals surface area contributed by atoms with Crippen LogP contribution < -0.4 is 5.32 Å². The molecule has 12 heavy (non-hydrogen) atoms. The van der Waals surface area contributed by atoms with E-state index >= 15 is 0 Å². The van der Waals surface area contributed by atoms with Gasteiger partial charge in [0.1, 0.15) is 6.10 Å². The summed E-state index contributed by atoms with van der Waals surface area (Å²) in [6, 6.07) is 0. The number of hydrogen-bond acceptors (Lipinski definition) is 4. The van der Waals surface area contributed by atoms with Gasteiger partial charge in [-0.1, -0.05) is 0 Å². The van der Waals surface area contributed by atoms with Crippen molar-refractivity contribution < 1.29 is 4.74 Å². The van der Waals surface area contributed by atoms with Gasteiger partial charge in [-0.3, -0.25) is 5.32 Å². The summed E-state index contributed by atoms with van der Waals surface area (Å²) in [6.07, 6.45) is 4.20. The molecule has 1 aliphatic carbocycles. The summed E-state index contributed by atoms with van der Waals surface area (Å²) in [5.74, 6) is 0. The van der Waals surface area contributed by atoms with Crippen molar-refractivity contribution in [1.29, 1.82) is 0 Å². The zero-order valence-electron chi connectivity index (χ0n) is 7.25. The third-order valence-electron chi connectivity index (χ3n) is 2.18. The zero-order chi connectivity index (χ0) is 8.39. The highest BCUT2D eigenvalue weighted by Gasteiger charge is 2.23. The minimum Gasteiger partial charge on any atom is -0.470 e. The summed E-state index contributed by atoms with van der Waals surface area (Å²) in [5, 5.41) is 4.54. The van der Waals surface area contributed by atoms with Crippen molar-refractivity contribution in [2.45, 2.75) is 37.7 Å². The van der Waals surface area contributed by atoms with Crippen molar-refractivity contribution in [1.82, 2.24) is 5.32 Å². The lowest BCUT2D eigenvalue weighted by Gasteiger charge is -2.28. The van der Waals surface area contributed by atoms with E-state index in [1.165, 1.54) is 19.3 Å². The van der Waals surface area contributed by atoms with Crippen LogP contribution in [0.4, 0.5) is 0 Å². The molecule has 0 spiro atoms. The number of nitrogens with one attached hydrogen (secondary N) is 1. The van der Waals surface area contributed by atoms with Gasteiger partial charge in [0.25, 0.3) is 0 Å². The Hall–Kier alpha value is -0.220. The molecule has 3 nitrogen and oxygen atoms in total. The molecule has 0 aromatic heterocycles. The molecule has 0 amide bonds. The quantitative estimate of drug-likeness (QED) is 0.674. The molecule has 1 heterocycles. The highest BCUT2D eigenvalue weighted by atomic mass is 32.2. The van der Waals surface area contributed by atoms with E-state index in [-0.39, 0.29) is 0 Å². The van der Waals surface area contributed by atoms with Gasteiger partial charge in [-0.25, -0.2) is 4.99 Å². The zero-order valence-corrected chi connectivity index (χ0v) is 8.06. The summed E-state index contributed by atoms with van der Waals surface area (Å²) in [5.41, 5.74) is 0. The van der Waals surface area contributed by atoms with Gasteiger partial charge in [0, 0.05) is 0 Å². The highest BCUT2D eigenvalue weighted by Crippen LogP contribution is 2.26. The van der Waals surface area contributed by atoms with E-state index in [1.807, 2.05) is 0 Å². The minimum atomic E-state index is 0.442. The molecule has 2 aliphatic rings. The Morgan fingerprint density at radius 1 is 1.58 bits per heavy atom. The van der Waals surface area contributed by atoms with Crippen LogP contribution in [0, 0.1) is 0 Å². The van der Waals surface area contributed by atoms with Crippen LogP contribution in [-0.2, 0) is 4.74 Å². The van der Waals surface area contributed by atoms with Crippen LogP contribution in [0.5, 0.6) is 0 Å². The maximum absolute atomic E-state index is 5.67. The van der Waals surface area contributed by atoms with E-state index in [2.05, 4.69) is 17.2 Å². The molecule has 0 bridgehead atoms. The Balaban J connectivity index is 1.81. The molecule has 0 aromatic rings. The Bertz CT molecular complexity index is 191. The van der Waals surface area contributed by atoms with E-state index < -0.39 is 0 Å². The van der Waals surface area contributed by atoms with Gasteiger partial charge in [0.2, 0.25) is 5.23 Å². The van der Waals surface area contributed by atoms with Crippen LogP contribution in [0.3, 0.4) is 0 Å². The van der Waals surface area contributed by atoms with Gasteiger partial charge in [-0.2, -0.15) is 0 Å². The van der Waals surface area contributed by atoms with Crippen LogP contribution in [0.1, 0.15) is 26.2 Å². The lowest BCUT2D eigenvalue weighted by atomic mass is 9.96. The second-order valence-electron chi connectivity index (χ2n) is 3.22. The summed E-state index contributed by atoms with van der Waals surface area (Å²) in [7, 11) is 0. The van der Waals surface area contributed by atoms with Crippen molar-refractivity contribution in [3.63, 3.8) is 0 Å². The molecular formula is C8H14N2OS. The van der Waals surface area contributed by atoms with Crippen molar-refractivity contribution >= 4 is 17.0 Å². The Morgan fingerprint density at radius 2 is 2.42 bits per heavy atom. The lowest BCUT2D eigenvalue weighted by molar-refractivity contribution is 0.112. The maximum atomic E-state index is 5.67. The number of nitrogens with zero attached hydrogens (tertiary/aromatic N) is 1. The van der Waals surface area contributed by atoms with Gasteiger partial charge >= 0.3 is 0 Å². The fourth-order valence-corrected chi connectivity index (χ4v) is 1.96. The van der Waals surface area contributed by atoms with E-state index in [9.17, 15) is 0 Å². The Labute approximate surface area is 77.0 Å². The fraction of sp³-hybridized carbons (Fsp3) is 0.875. The van der Waals surface area contributed by atoms with Crippen molar-refractivity contribution in [3.05, 3.63) is 0 Å². The average molecular weight is 186 g/mol. The predicted octanol–water partition coefficient (Wildman–Crippen LogP) is 1.55. The summed E-state index contributed by atoms with van der Waals surface area (Å²) in [4.78, 5) is 4.25. The third-order valence-corrected chi connectivity index (χ3v) is 3.13. The van der Waals surface area contributed by atoms with Gasteiger partial charge in [-0.05, 0) is 37.9 Å². The molecule has 1 aliphatic heterocycles. The SMILES string of the molecule is CC1NCN=C(OC2CCC2)S1. The first-order valence-corrected chi connectivity index (χ1v) is 5.34. The first kappa shape index (κ1) is 8.38. The summed E-state index contributed by atoms with van der Waals surface area (Å²) < 4.78 is 5.67. The second kappa shape index (κ2) is 3.66. The van der Waals surface area contributed by atoms with Crippen LogP contribution in [-0.4, -0.2) is 23.4 Å². The average Bonchev–Trinajstić information content (AvgIpc) is 1.97. The smallest absolute Gasteiger partial charge is 0.248 e. The molecule has 2 rings (SSSR count). The van der Waals surface area contributed by atoms with E-state index in [1.54, 1.807) is 11.8 Å². The molecule has 0 radical (unpaired) electrons. The van der Waals surface area contributed by atoms with E-state index in [4.69, 9.17) is 4.74 Å². The number of hydrogen-bond donors (Lipinski definition) is 1. The number of rotatable bonds is 1. The van der Waals surface area contributed by atoms with E-state index in [0.29, 0.717) is 18.1 Å². The van der Waals surface area contributed by atoms with Gasteiger partial charge in [0.05, 0.1) is 12.0 Å². The standard InChI is InChI=1S/C8H14N2OS/c1-6-9-5-10-8(12-6)11-7-3-2-4-7/h6-7,9H,2-5H2,1H3. The Morgan fingerprint density at radius 3 is 3.00 bits per heavy atom. The minimum absolute atomic E-state index is 0.442. The van der Waals surface area contributed by atoms with Crippen molar-refractivity contribution in [2.75, 3.05) is 6.67 Å². The molecular weight excluding hydrogens is 172 g/mol. The molecule has 68 valence electrons. The van der Waals surface area contributed by atoms with Crippen LogP contribution in [0.2, 0.25) is 0 Å². The van der Waals surface area contributed by atoms with Crippen molar-refractivity contribution in [2.24, 2.45) is 4.99 Å². The number of ether oxygens (including phenoxy) is 1. The number of aliphatic imine (C=N–C) groups is 1. The maximum Gasteiger partial charge on any atom is 0.248 e. The van der Waals surface area contributed by atoms with E-state index in [0.717, 1.165) is 5.23 Å². The highest BCUT2D eigenvalue weighted by molar-refractivity contribution is 8.14. The molecule has 1 saturated carbocycles. The molecule has 1 N–H and O–H groups in total. The lowest BCUT2D eigenvalue weighted by Crippen LogP contribution is -2.33. The normalized spacial score (nSPS) is 30.8. The molecule has 0 saturated heterocycles. The van der Waals surface area contributed by atoms with Gasteiger partial charge in [0.15, 0.2) is 0 Å². The first-order valence-electron chi connectivity index (χ1n) is 4.46. The third kappa shape index (κ3) is 1.93. The van der Waals surface area contributed by atoms with Gasteiger partial charge < -0.3 is 4.74 Å². The number of thioether (sulfide) groups is 1. The second-order valence-corrected chi connectivity index (χ2v) is 4.51. The first-order chi connectivity index (χ1) is 5.84. The monoisotopic (exact) mass is 186 g/mol. The summed E-state index contributed by atoms with van der Waals surface area (Å²) in [6.45, 7) is 2.83. The fourth-order valence-electron chi connectivity index (χ4n) is 1.17. The molecule has 1 atom stereocenters. The topological polar surface area (TPSA) is 33.6 Å². The summed E-state index contributed by atoms with van der Waals surface area (Å²) >= 11 is 1.68. The Kier molecular flexibility index (Phi) is 2.56. The molecule has 4 heteroatoms. The van der Waals surface area contributed by atoms with Crippen LogP contribution >= 0.6 is 11.8 Å². The van der Waals surface area contributed by atoms with Crippen LogP contribution in [0.25, 0.3) is 0 Å². The predicted molar refractivity (Wildman–Crippen MR) is 51.2 cm³/mol. The van der Waals surface area contributed by atoms with Crippen LogP contribution in [0.15, 0.2) is 4.99 Å². The molecule has 1 fully saturated rings. The largest absolute Gasteiger partial charge is 0.470 e.